The summed E-state index contributed by atoms with van der Waals surface area (Å²) < 4.78 is 26.8. The van der Waals surface area contributed by atoms with Crippen LogP contribution in [0.2, 0.25) is 0 Å². The van der Waals surface area contributed by atoms with Crippen LogP contribution in [0.3, 0.4) is 0 Å². The van der Waals surface area contributed by atoms with Crippen molar-refractivity contribution in [3.8, 4) is 0 Å². The first-order valence-electron chi connectivity index (χ1n) is 6.94. The zero-order valence-corrected chi connectivity index (χ0v) is 12.3. The molecule has 1 aromatic rings. The van der Waals surface area contributed by atoms with E-state index in [0.29, 0.717) is 29.9 Å². The standard InChI is InChI=1S/C14H19F2N3O2/c1-4-17-7-8-18(10(3)12(17)20)13(21)11-6-5-9(2)19(11)14(15)16/h5-6,10,14H,4,7-8H2,1-3H3/t10-/m0/s1. The van der Waals surface area contributed by atoms with Crippen molar-refractivity contribution in [3.05, 3.63) is 23.5 Å². The van der Waals surface area contributed by atoms with Crippen LogP contribution >= 0.6 is 0 Å². The van der Waals surface area contributed by atoms with Crippen molar-refractivity contribution in [1.29, 1.82) is 0 Å². The Hall–Kier alpha value is -1.92. The Labute approximate surface area is 122 Å². The number of amides is 2. The summed E-state index contributed by atoms with van der Waals surface area (Å²) in [4.78, 5) is 27.6. The number of piperazine rings is 1. The van der Waals surface area contributed by atoms with Crippen molar-refractivity contribution in [2.24, 2.45) is 0 Å². The van der Waals surface area contributed by atoms with E-state index >= 15 is 0 Å². The molecule has 1 saturated heterocycles. The molecule has 0 bridgehead atoms. The van der Waals surface area contributed by atoms with Gasteiger partial charge in [0.25, 0.3) is 5.91 Å². The first-order chi connectivity index (χ1) is 9.88. The summed E-state index contributed by atoms with van der Waals surface area (Å²) >= 11 is 0. The molecule has 116 valence electrons. The summed E-state index contributed by atoms with van der Waals surface area (Å²) in [5, 5.41) is 0. The molecule has 1 aliphatic rings. The van der Waals surface area contributed by atoms with E-state index in [0.717, 1.165) is 0 Å². The number of aromatic nitrogens is 1. The van der Waals surface area contributed by atoms with Crippen LogP contribution in [0.1, 0.15) is 36.6 Å². The van der Waals surface area contributed by atoms with Crippen molar-refractivity contribution in [1.82, 2.24) is 14.4 Å². The summed E-state index contributed by atoms with van der Waals surface area (Å²) in [5.41, 5.74) is 0.242. The van der Waals surface area contributed by atoms with Gasteiger partial charge in [-0.2, -0.15) is 8.78 Å². The third kappa shape index (κ3) is 2.64. The van der Waals surface area contributed by atoms with E-state index in [2.05, 4.69) is 0 Å². The predicted octanol–water partition coefficient (Wildman–Crippen LogP) is 1.88. The molecule has 0 N–H and O–H groups in total. The molecule has 1 aliphatic heterocycles. The van der Waals surface area contributed by atoms with Gasteiger partial charge in [0.2, 0.25) is 5.91 Å². The number of halogens is 2. The van der Waals surface area contributed by atoms with Crippen molar-refractivity contribution in [3.63, 3.8) is 0 Å². The van der Waals surface area contributed by atoms with Gasteiger partial charge in [-0.15, -0.1) is 0 Å². The normalized spacial score (nSPS) is 19.5. The molecule has 0 spiro atoms. The lowest BCUT2D eigenvalue weighted by atomic mass is 10.1. The molecular formula is C14H19F2N3O2. The van der Waals surface area contributed by atoms with E-state index in [1.165, 1.54) is 24.0 Å². The van der Waals surface area contributed by atoms with Crippen LogP contribution in [0.4, 0.5) is 8.78 Å². The van der Waals surface area contributed by atoms with Gasteiger partial charge in [-0.05, 0) is 32.9 Å². The molecule has 0 saturated carbocycles. The summed E-state index contributed by atoms with van der Waals surface area (Å²) in [5.74, 6) is -0.677. The molecule has 0 radical (unpaired) electrons. The molecule has 2 rings (SSSR count). The smallest absolute Gasteiger partial charge is 0.319 e. The number of hydrogen-bond acceptors (Lipinski definition) is 2. The van der Waals surface area contributed by atoms with Gasteiger partial charge < -0.3 is 9.80 Å². The molecule has 2 heterocycles. The van der Waals surface area contributed by atoms with Crippen LogP contribution in [0.5, 0.6) is 0 Å². The summed E-state index contributed by atoms with van der Waals surface area (Å²) in [6, 6.07) is 2.23. The number of alkyl halides is 2. The average molecular weight is 299 g/mol. The quantitative estimate of drug-likeness (QED) is 0.855. The molecule has 1 aromatic heterocycles. The molecule has 1 fully saturated rings. The maximum atomic E-state index is 13.1. The van der Waals surface area contributed by atoms with Gasteiger partial charge in [0, 0.05) is 25.3 Å². The van der Waals surface area contributed by atoms with Crippen molar-refractivity contribution < 1.29 is 18.4 Å². The Kier molecular flexibility index (Phi) is 4.29. The van der Waals surface area contributed by atoms with Gasteiger partial charge in [0.15, 0.2) is 0 Å². The number of nitrogens with zero attached hydrogens (tertiary/aromatic N) is 3. The van der Waals surface area contributed by atoms with Gasteiger partial charge in [0.1, 0.15) is 11.7 Å². The van der Waals surface area contributed by atoms with Gasteiger partial charge in [-0.1, -0.05) is 0 Å². The average Bonchev–Trinajstić information content (AvgIpc) is 2.83. The van der Waals surface area contributed by atoms with E-state index < -0.39 is 18.5 Å². The summed E-state index contributed by atoms with van der Waals surface area (Å²) in [6.07, 6.45) is 0. The van der Waals surface area contributed by atoms with Gasteiger partial charge in [-0.25, -0.2) is 0 Å². The minimum absolute atomic E-state index is 0.0768. The summed E-state index contributed by atoms with van der Waals surface area (Å²) in [7, 11) is 0. The van der Waals surface area contributed by atoms with Crippen molar-refractivity contribution >= 4 is 11.8 Å². The van der Waals surface area contributed by atoms with E-state index in [1.54, 1.807) is 11.8 Å². The third-order valence-electron chi connectivity index (χ3n) is 3.93. The van der Waals surface area contributed by atoms with Crippen LogP contribution in [0.25, 0.3) is 0 Å². The molecule has 7 heteroatoms. The fourth-order valence-corrected chi connectivity index (χ4v) is 2.65. The molecule has 0 aliphatic carbocycles. The second-order valence-electron chi connectivity index (χ2n) is 5.10. The Morgan fingerprint density at radius 3 is 2.62 bits per heavy atom. The predicted molar refractivity (Wildman–Crippen MR) is 73.2 cm³/mol. The lowest BCUT2D eigenvalue weighted by molar-refractivity contribution is -0.139. The highest BCUT2D eigenvalue weighted by molar-refractivity contribution is 5.97. The van der Waals surface area contributed by atoms with Crippen LogP contribution in [-0.2, 0) is 4.79 Å². The van der Waals surface area contributed by atoms with E-state index in [9.17, 15) is 18.4 Å². The molecule has 0 aromatic carbocycles. The monoisotopic (exact) mass is 299 g/mol. The Morgan fingerprint density at radius 2 is 2.05 bits per heavy atom. The van der Waals surface area contributed by atoms with Crippen LogP contribution in [0, 0.1) is 6.92 Å². The lowest BCUT2D eigenvalue weighted by Crippen LogP contribution is -2.57. The van der Waals surface area contributed by atoms with E-state index in [-0.39, 0.29) is 11.6 Å². The highest BCUT2D eigenvalue weighted by atomic mass is 19.3. The van der Waals surface area contributed by atoms with Crippen molar-refractivity contribution in [2.75, 3.05) is 19.6 Å². The maximum absolute atomic E-state index is 13.1. The number of hydrogen-bond donors (Lipinski definition) is 0. The number of carbonyl (C=O) groups is 2. The second kappa shape index (κ2) is 5.83. The first kappa shape index (κ1) is 15.5. The minimum Gasteiger partial charge on any atom is -0.339 e. The fourth-order valence-electron chi connectivity index (χ4n) is 2.65. The van der Waals surface area contributed by atoms with Crippen LogP contribution < -0.4 is 0 Å². The highest BCUT2D eigenvalue weighted by Gasteiger charge is 2.35. The highest BCUT2D eigenvalue weighted by Crippen LogP contribution is 2.22. The Balaban J connectivity index is 2.27. The number of likely N-dealkylation sites (N-methyl/N-ethyl adjacent to an activating group) is 1. The van der Waals surface area contributed by atoms with E-state index in [1.807, 2.05) is 6.92 Å². The number of carbonyl (C=O) groups excluding carboxylic acids is 2. The minimum atomic E-state index is -2.78. The molecule has 5 nitrogen and oxygen atoms in total. The van der Waals surface area contributed by atoms with Crippen LogP contribution in [0.15, 0.2) is 12.1 Å². The lowest BCUT2D eigenvalue weighted by Gasteiger charge is -2.38. The SMILES string of the molecule is CCN1CCN(C(=O)c2ccc(C)n2C(F)F)[C@@H](C)C1=O. The Bertz CT molecular complexity index is 556. The zero-order chi connectivity index (χ0) is 15.7. The molecule has 1 atom stereocenters. The van der Waals surface area contributed by atoms with Crippen LogP contribution in [-0.4, -0.2) is 51.9 Å². The van der Waals surface area contributed by atoms with Crippen molar-refractivity contribution in [2.45, 2.75) is 33.4 Å². The maximum Gasteiger partial charge on any atom is 0.319 e. The zero-order valence-electron chi connectivity index (χ0n) is 12.3. The largest absolute Gasteiger partial charge is 0.339 e. The summed E-state index contributed by atoms with van der Waals surface area (Å²) in [6.45, 7) is 3.61. The third-order valence-corrected chi connectivity index (χ3v) is 3.93. The second-order valence-corrected chi connectivity index (χ2v) is 5.10. The number of rotatable bonds is 3. The Morgan fingerprint density at radius 1 is 1.38 bits per heavy atom. The molecular weight excluding hydrogens is 280 g/mol. The number of aryl methyl sites for hydroxylation is 1. The van der Waals surface area contributed by atoms with Gasteiger partial charge >= 0.3 is 6.55 Å². The van der Waals surface area contributed by atoms with E-state index in [4.69, 9.17) is 0 Å². The molecule has 2 amide bonds. The topological polar surface area (TPSA) is 45.5 Å². The first-order valence-corrected chi connectivity index (χ1v) is 6.94. The molecule has 0 unspecified atom stereocenters. The molecule has 21 heavy (non-hydrogen) atoms. The van der Waals surface area contributed by atoms with Gasteiger partial charge in [0.05, 0.1) is 0 Å². The van der Waals surface area contributed by atoms with Gasteiger partial charge in [-0.3, -0.25) is 14.2 Å². The fraction of sp³-hybridized carbons (Fsp3) is 0.571.